The highest BCUT2D eigenvalue weighted by Gasteiger charge is 2.46. The van der Waals surface area contributed by atoms with Gasteiger partial charge in [0.2, 0.25) is 0 Å². The van der Waals surface area contributed by atoms with E-state index in [4.69, 9.17) is 39.5 Å². The lowest BCUT2D eigenvalue weighted by atomic mass is 9.64. The summed E-state index contributed by atoms with van der Waals surface area (Å²) < 4.78 is 5.97. The molecule has 37 heavy (non-hydrogen) atoms. The SMILES string of the molecule is CC1(C)CC(=O)C2=C(C1)NC1=C(C(=O)CC(C)(C)C1)C2c1cc(Cl)c(OCc2cccc(Cl)c2)c(Cl)c1. The minimum absolute atomic E-state index is 0.0569. The molecule has 0 atom stereocenters. The van der Waals surface area contributed by atoms with E-state index in [1.54, 1.807) is 18.2 Å². The number of hydrogen-bond acceptors (Lipinski definition) is 4. The van der Waals surface area contributed by atoms with Crippen LogP contribution in [-0.4, -0.2) is 11.6 Å². The first-order chi connectivity index (χ1) is 17.3. The number of hydrogen-bond donors (Lipinski definition) is 1. The molecular weight excluding hydrogens is 529 g/mol. The lowest BCUT2D eigenvalue weighted by Gasteiger charge is -2.44. The van der Waals surface area contributed by atoms with E-state index in [1.165, 1.54) is 0 Å². The summed E-state index contributed by atoms with van der Waals surface area (Å²) >= 11 is 19.5. The summed E-state index contributed by atoms with van der Waals surface area (Å²) in [5.41, 5.74) is 4.43. The first-order valence-electron chi connectivity index (χ1n) is 12.5. The van der Waals surface area contributed by atoms with Crippen LogP contribution in [0.25, 0.3) is 0 Å². The van der Waals surface area contributed by atoms with E-state index in [2.05, 4.69) is 33.0 Å². The van der Waals surface area contributed by atoms with E-state index < -0.39 is 5.92 Å². The van der Waals surface area contributed by atoms with Crippen molar-refractivity contribution in [2.24, 2.45) is 10.8 Å². The third-order valence-corrected chi connectivity index (χ3v) is 8.14. The van der Waals surface area contributed by atoms with Crippen LogP contribution >= 0.6 is 34.8 Å². The zero-order valence-electron chi connectivity index (χ0n) is 21.4. The number of carbonyl (C=O) groups is 2. The predicted molar refractivity (Wildman–Crippen MR) is 148 cm³/mol. The molecular formula is C30H30Cl3NO3. The van der Waals surface area contributed by atoms with Gasteiger partial charge < -0.3 is 10.1 Å². The predicted octanol–water partition coefficient (Wildman–Crippen LogP) is 8.20. The van der Waals surface area contributed by atoms with Gasteiger partial charge >= 0.3 is 0 Å². The first-order valence-corrected chi connectivity index (χ1v) is 13.6. The molecule has 0 fully saturated rings. The molecule has 2 aromatic rings. The smallest absolute Gasteiger partial charge is 0.162 e. The Balaban J connectivity index is 1.57. The lowest BCUT2D eigenvalue weighted by Crippen LogP contribution is -2.42. The van der Waals surface area contributed by atoms with Gasteiger partial charge in [-0.2, -0.15) is 0 Å². The summed E-state index contributed by atoms with van der Waals surface area (Å²) in [6, 6.07) is 10.9. The monoisotopic (exact) mass is 557 g/mol. The Morgan fingerprint density at radius 1 is 0.838 bits per heavy atom. The Morgan fingerprint density at radius 3 is 1.89 bits per heavy atom. The summed E-state index contributed by atoms with van der Waals surface area (Å²) in [5, 5.41) is 4.81. The van der Waals surface area contributed by atoms with Gasteiger partial charge in [-0.15, -0.1) is 0 Å². The van der Waals surface area contributed by atoms with E-state index in [-0.39, 0.29) is 29.0 Å². The summed E-state index contributed by atoms with van der Waals surface area (Å²) in [6.07, 6.45) is 2.32. The molecule has 0 amide bonds. The molecule has 1 aliphatic heterocycles. The van der Waals surface area contributed by atoms with Crippen molar-refractivity contribution in [3.8, 4) is 5.75 Å². The zero-order valence-corrected chi connectivity index (χ0v) is 23.7. The number of dihydropyridines is 1. The molecule has 4 nitrogen and oxygen atoms in total. The third kappa shape index (κ3) is 5.21. The van der Waals surface area contributed by atoms with Gasteiger partial charge in [-0.05, 0) is 59.1 Å². The molecule has 0 spiro atoms. The van der Waals surface area contributed by atoms with Crippen molar-refractivity contribution >= 4 is 46.4 Å². The number of rotatable bonds is 4. The average Bonchev–Trinajstić information content (AvgIpc) is 2.75. The van der Waals surface area contributed by atoms with E-state index in [9.17, 15) is 9.59 Å². The highest BCUT2D eigenvalue weighted by atomic mass is 35.5. The van der Waals surface area contributed by atoms with Crippen molar-refractivity contribution < 1.29 is 14.3 Å². The lowest BCUT2D eigenvalue weighted by molar-refractivity contribution is -0.119. The van der Waals surface area contributed by atoms with Crippen LogP contribution < -0.4 is 10.1 Å². The van der Waals surface area contributed by atoms with Crippen molar-refractivity contribution in [3.63, 3.8) is 0 Å². The number of ketones is 2. The van der Waals surface area contributed by atoms with Crippen LogP contribution in [0.15, 0.2) is 58.9 Å². The van der Waals surface area contributed by atoms with E-state index >= 15 is 0 Å². The maximum absolute atomic E-state index is 13.5. The fourth-order valence-electron chi connectivity index (χ4n) is 5.89. The van der Waals surface area contributed by atoms with Gasteiger partial charge in [0.05, 0.1) is 10.0 Å². The van der Waals surface area contributed by atoms with Crippen LogP contribution in [-0.2, 0) is 16.2 Å². The third-order valence-electron chi connectivity index (χ3n) is 7.35. The molecule has 3 aliphatic rings. The molecule has 0 saturated heterocycles. The number of Topliss-reactive ketones (excluding diaryl/α,β-unsaturated/α-hetero) is 2. The molecule has 7 heteroatoms. The molecule has 0 aromatic heterocycles. The van der Waals surface area contributed by atoms with Crippen LogP contribution in [0.4, 0.5) is 0 Å². The van der Waals surface area contributed by atoms with Gasteiger partial charge in [0.25, 0.3) is 0 Å². The van der Waals surface area contributed by atoms with Gasteiger partial charge in [-0.3, -0.25) is 9.59 Å². The molecule has 2 aromatic carbocycles. The number of nitrogens with one attached hydrogen (secondary N) is 1. The topological polar surface area (TPSA) is 55.4 Å². The van der Waals surface area contributed by atoms with Crippen LogP contribution in [0.3, 0.4) is 0 Å². The zero-order chi connectivity index (χ0) is 26.7. The normalized spacial score (nSPS) is 20.9. The molecule has 0 saturated carbocycles. The van der Waals surface area contributed by atoms with E-state index in [0.29, 0.717) is 44.8 Å². The molecule has 0 radical (unpaired) electrons. The number of allylic oxidation sites excluding steroid dienone is 4. The Labute approximate surface area is 233 Å². The highest BCUT2D eigenvalue weighted by Crippen LogP contribution is 2.52. The summed E-state index contributed by atoms with van der Waals surface area (Å²) in [7, 11) is 0. The number of benzene rings is 2. The molecule has 0 unspecified atom stereocenters. The van der Waals surface area contributed by atoms with Gasteiger partial charge in [0.1, 0.15) is 6.61 Å². The quantitative estimate of drug-likeness (QED) is 0.411. The first kappa shape index (κ1) is 26.3. The van der Waals surface area contributed by atoms with Crippen molar-refractivity contribution in [2.45, 2.75) is 65.9 Å². The van der Waals surface area contributed by atoms with E-state index in [1.807, 2.05) is 18.2 Å². The van der Waals surface area contributed by atoms with Crippen LogP contribution in [0, 0.1) is 10.8 Å². The Kier molecular flexibility index (Phi) is 6.75. The van der Waals surface area contributed by atoms with Crippen LogP contribution in [0.2, 0.25) is 15.1 Å². The summed E-state index contributed by atoms with van der Waals surface area (Å²) in [6.45, 7) is 8.66. The largest absolute Gasteiger partial charge is 0.486 e. The Bertz CT molecular complexity index is 1310. The maximum Gasteiger partial charge on any atom is 0.162 e. The fourth-order valence-corrected chi connectivity index (χ4v) is 6.71. The van der Waals surface area contributed by atoms with Gasteiger partial charge in [0, 0.05) is 46.3 Å². The van der Waals surface area contributed by atoms with Gasteiger partial charge in [-0.1, -0.05) is 74.6 Å². The van der Waals surface area contributed by atoms with Crippen molar-refractivity contribution in [1.82, 2.24) is 5.32 Å². The molecule has 1 heterocycles. The second-order valence-corrected chi connectivity index (χ2v) is 13.2. The van der Waals surface area contributed by atoms with E-state index in [0.717, 1.165) is 35.4 Å². The Morgan fingerprint density at radius 2 is 1.38 bits per heavy atom. The second kappa shape index (κ2) is 9.48. The second-order valence-electron chi connectivity index (χ2n) is 12.0. The van der Waals surface area contributed by atoms with Crippen LogP contribution in [0.1, 0.15) is 70.4 Å². The van der Waals surface area contributed by atoms with Gasteiger partial charge in [0.15, 0.2) is 17.3 Å². The number of halogens is 3. The van der Waals surface area contributed by atoms with Crippen molar-refractivity contribution in [3.05, 3.63) is 85.1 Å². The van der Waals surface area contributed by atoms with Gasteiger partial charge in [-0.25, -0.2) is 0 Å². The molecule has 5 rings (SSSR count). The summed E-state index contributed by atoms with van der Waals surface area (Å²) in [5.74, 6) is -0.0324. The summed E-state index contributed by atoms with van der Waals surface area (Å²) in [4.78, 5) is 27.1. The minimum Gasteiger partial charge on any atom is -0.486 e. The standard InChI is InChI=1S/C30H30Cl3NO3/c1-29(2)11-21-26(23(35)13-29)25(27-22(34-21)12-30(3,4)14-24(27)36)17-9-19(32)28(20(33)10-17)37-15-16-6-5-7-18(31)8-16/h5-10,25,34H,11-15H2,1-4H3. The number of carbonyl (C=O) groups excluding carboxylic acids is 2. The van der Waals surface area contributed by atoms with Crippen molar-refractivity contribution in [1.29, 1.82) is 0 Å². The highest BCUT2D eigenvalue weighted by molar-refractivity contribution is 6.37. The molecule has 0 bridgehead atoms. The molecule has 2 aliphatic carbocycles. The Hall–Kier alpha value is -2.27. The maximum atomic E-state index is 13.5. The number of ether oxygens (including phenoxy) is 1. The average molecular weight is 559 g/mol. The minimum atomic E-state index is -0.504. The molecule has 1 N–H and O–H groups in total. The van der Waals surface area contributed by atoms with Crippen LogP contribution in [0.5, 0.6) is 5.75 Å². The van der Waals surface area contributed by atoms with Crippen molar-refractivity contribution in [2.75, 3.05) is 0 Å². The molecule has 194 valence electrons. The fraction of sp³-hybridized carbons (Fsp3) is 0.400.